The van der Waals surface area contributed by atoms with Gasteiger partial charge in [0.05, 0.1) is 13.2 Å². The van der Waals surface area contributed by atoms with Gasteiger partial charge in [0.25, 0.3) is 0 Å². The van der Waals surface area contributed by atoms with E-state index in [-0.39, 0.29) is 18.6 Å². The standard InChI is InChI=1S/C32H42O6/c1-6-8-12-19-35-27(33)21-37-30-23-15-10-11-16-24(23)31(38-22-28(34)36-20-13-9-7-2)29-25(30)17-14-18-26(29)32(3,4)5/h10-11,14-18H,6-9,12-13,19-22H2,1-5H3. The van der Waals surface area contributed by atoms with Crippen LogP contribution in [0, 0.1) is 0 Å². The molecule has 38 heavy (non-hydrogen) atoms. The van der Waals surface area contributed by atoms with E-state index in [0.29, 0.717) is 24.7 Å². The number of carbonyl (C=O) groups is 2. The van der Waals surface area contributed by atoms with E-state index in [1.165, 1.54) is 0 Å². The second kappa shape index (κ2) is 14.0. The number of carbonyl (C=O) groups excluding carboxylic acids is 2. The highest BCUT2D eigenvalue weighted by Crippen LogP contribution is 2.46. The number of fused-ring (bicyclic) bond motifs is 2. The van der Waals surface area contributed by atoms with E-state index >= 15 is 0 Å². The summed E-state index contributed by atoms with van der Waals surface area (Å²) in [6.07, 6.45) is 5.85. The van der Waals surface area contributed by atoms with Crippen molar-refractivity contribution in [3.05, 3.63) is 48.0 Å². The van der Waals surface area contributed by atoms with Crippen LogP contribution in [0.1, 0.15) is 78.7 Å². The fourth-order valence-electron chi connectivity index (χ4n) is 4.50. The first-order chi connectivity index (χ1) is 18.3. The summed E-state index contributed by atoms with van der Waals surface area (Å²) < 4.78 is 23.1. The number of hydrogen-bond donors (Lipinski definition) is 0. The summed E-state index contributed by atoms with van der Waals surface area (Å²) in [4.78, 5) is 24.9. The predicted molar refractivity (Wildman–Crippen MR) is 152 cm³/mol. The molecule has 6 heteroatoms. The van der Waals surface area contributed by atoms with Crippen LogP contribution in [0.5, 0.6) is 11.5 Å². The highest BCUT2D eigenvalue weighted by Gasteiger charge is 2.25. The van der Waals surface area contributed by atoms with Gasteiger partial charge in [0.2, 0.25) is 0 Å². The smallest absolute Gasteiger partial charge is 0.344 e. The van der Waals surface area contributed by atoms with Gasteiger partial charge >= 0.3 is 11.9 Å². The fraction of sp³-hybridized carbons (Fsp3) is 0.500. The third kappa shape index (κ3) is 7.62. The van der Waals surface area contributed by atoms with Crippen LogP contribution >= 0.6 is 0 Å². The molecule has 0 aromatic heterocycles. The van der Waals surface area contributed by atoms with Gasteiger partial charge in [-0.3, -0.25) is 0 Å². The molecule has 0 amide bonds. The van der Waals surface area contributed by atoms with E-state index in [4.69, 9.17) is 18.9 Å². The van der Waals surface area contributed by atoms with Crippen molar-refractivity contribution in [3.63, 3.8) is 0 Å². The van der Waals surface area contributed by atoms with Crippen molar-refractivity contribution in [2.24, 2.45) is 0 Å². The number of ether oxygens (including phenoxy) is 4. The first-order valence-electron chi connectivity index (χ1n) is 13.8. The Balaban J connectivity index is 2.00. The summed E-state index contributed by atoms with van der Waals surface area (Å²) in [5.41, 5.74) is 0.843. The third-order valence-electron chi connectivity index (χ3n) is 6.45. The largest absolute Gasteiger partial charge is 0.481 e. The highest BCUT2D eigenvalue weighted by molar-refractivity contribution is 6.12. The van der Waals surface area contributed by atoms with Crippen LogP contribution in [-0.2, 0) is 24.5 Å². The van der Waals surface area contributed by atoms with Gasteiger partial charge in [-0.15, -0.1) is 0 Å². The Morgan fingerprint density at radius 2 is 1.16 bits per heavy atom. The van der Waals surface area contributed by atoms with Crippen LogP contribution in [0.2, 0.25) is 0 Å². The monoisotopic (exact) mass is 522 g/mol. The average Bonchev–Trinajstić information content (AvgIpc) is 2.90. The Labute approximate surface area is 226 Å². The van der Waals surface area contributed by atoms with Gasteiger partial charge in [0.1, 0.15) is 11.5 Å². The first kappa shape index (κ1) is 29.3. The molecule has 0 unspecified atom stereocenters. The first-order valence-corrected chi connectivity index (χ1v) is 13.8. The Morgan fingerprint density at radius 1 is 0.658 bits per heavy atom. The SMILES string of the molecule is CCCCCOC(=O)COc1c2ccccc2c(OCC(=O)OCCCCC)c2c(C(C)(C)C)cccc12. The second-order valence-corrected chi connectivity index (χ2v) is 10.6. The molecule has 0 N–H and O–H groups in total. The minimum Gasteiger partial charge on any atom is -0.481 e. The Hall–Kier alpha value is -3.28. The zero-order chi connectivity index (χ0) is 27.5. The van der Waals surface area contributed by atoms with E-state index in [2.05, 4.69) is 40.7 Å². The minimum atomic E-state index is -0.392. The van der Waals surface area contributed by atoms with Gasteiger partial charge < -0.3 is 18.9 Å². The summed E-state index contributed by atoms with van der Waals surface area (Å²) >= 11 is 0. The molecule has 3 rings (SSSR count). The van der Waals surface area contributed by atoms with E-state index < -0.39 is 11.9 Å². The van der Waals surface area contributed by atoms with Crippen LogP contribution in [-0.4, -0.2) is 38.4 Å². The van der Waals surface area contributed by atoms with Crippen molar-refractivity contribution in [2.45, 2.75) is 78.6 Å². The molecule has 0 aliphatic carbocycles. The third-order valence-corrected chi connectivity index (χ3v) is 6.45. The summed E-state index contributed by atoms with van der Waals surface area (Å²) in [5, 5.41) is 3.29. The van der Waals surface area contributed by atoms with Crippen LogP contribution in [0.15, 0.2) is 42.5 Å². The summed E-state index contributed by atoms with van der Waals surface area (Å²) in [6.45, 7) is 11.0. The number of benzene rings is 3. The molecule has 0 fully saturated rings. The molecule has 3 aromatic carbocycles. The van der Waals surface area contributed by atoms with Gasteiger partial charge in [0, 0.05) is 21.5 Å². The van der Waals surface area contributed by atoms with Crippen LogP contribution in [0.4, 0.5) is 0 Å². The molecule has 0 aliphatic heterocycles. The molecule has 0 atom stereocenters. The zero-order valence-electron chi connectivity index (χ0n) is 23.6. The molecule has 0 heterocycles. The van der Waals surface area contributed by atoms with Gasteiger partial charge in [-0.05, 0) is 23.8 Å². The maximum Gasteiger partial charge on any atom is 0.344 e. The van der Waals surface area contributed by atoms with E-state index in [0.717, 1.165) is 65.6 Å². The topological polar surface area (TPSA) is 71.1 Å². The quantitative estimate of drug-likeness (QED) is 0.124. The maximum absolute atomic E-state index is 12.5. The molecule has 0 saturated heterocycles. The summed E-state index contributed by atoms with van der Waals surface area (Å²) in [7, 11) is 0. The molecule has 206 valence electrons. The molecule has 0 saturated carbocycles. The lowest BCUT2D eigenvalue weighted by Crippen LogP contribution is -2.18. The van der Waals surface area contributed by atoms with Crippen LogP contribution in [0.25, 0.3) is 21.5 Å². The van der Waals surface area contributed by atoms with Crippen molar-refractivity contribution < 1.29 is 28.5 Å². The molecular formula is C32H42O6. The van der Waals surface area contributed by atoms with Crippen molar-refractivity contribution in [1.82, 2.24) is 0 Å². The van der Waals surface area contributed by atoms with Crippen molar-refractivity contribution >= 4 is 33.5 Å². The summed E-state index contributed by atoms with van der Waals surface area (Å²) in [5.74, 6) is 0.428. The van der Waals surface area contributed by atoms with Crippen molar-refractivity contribution in [1.29, 1.82) is 0 Å². The predicted octanol–water partition coefficient (Wildman–Crippen LogP) is 7.51. The lowest BCUT2D eigenvalue weighted by molar-refractivity contribution is -0.147. The normalized spacial score (nSPS) is 11.5. The zero-order valence-corrected chi connectivity index (χ0v) is 23.6. The molecule has 0 radical (unpaired) electrons. The Morgan fingerprint density at radius 3 is 1.68 bits per heavy atom. The number of unbranched alkanes of at least 4 members (excludes halogenated alkanes) is 4. The van der Waals surface area contributed by atoms with E-state index in [1.54, 1.807) is 0 Å². The van der Waals surface area contributed by atoms with Crippen molar-refractivity contribution in [3.8, 4) is 11.5 Å². The van der Waals surface area contributed by atoms with Crippen molar-refractivity contribution in [2.75, 3.05) is 26.4 Å². The summed E-state index contributed by atoms with van der Waals surface area (Å²) in [6, 6.07) is 13.8. The molecule has 6 nitrogen and oxygen atoms in total. The lowest BCUT2D eigenvalue weighted by atomic mass is 9.82. The van der Waals surface area contributed by atoms with E-state index in [1.807, 2.05) is 36.4 Å². The molecule has 0 spiro atoms. The highest BCUT2D eigenvalue weighted by atomic mass is 16.6. The number of rotatable bonds is 14. The van der Waals surface area contributed by atoms with Gasteiger partial charge in [-0.2, -0.15) is 0 Å². The average molecular weight is 523 g/mol. The van der Waals surface area contributed by atoms with E-state index in [9.17, 15) is 9.59 Å². The number of esters is 2. The molecule has 3 aromatic rings. The second-order valence-electron chi connectivity index (χ2n) is 10.6. The van der Waals surface area contributed by atoms with Gasteiger partial charge in [-0.25, -0.2) is 9.59 Å². The number of hydrogen-bond acceptors (Lipinski definition) is 6. The van der Waals surface area contributed by atoms with Gasteiger partial charge in [0.15, 0.2) is 13.2 Å². The maximum atomic E-state index is 12.5. The Bertz CT molecular complexity index is 1220. The molecule has 0 bridgehead atoms. The molecular weight excluding hydrogens is 480 g/mol. The minimum absolute atomic E-state index is 0.185. The fourth-order valence-corrected chi connectivity index (χ4v) is 4.50. The van der Waals surface area contributed by atoms with Crippen LogP contribution < -0.4 is 9.47 Å². The molecule has 0 aliphatic rings. The van der Waals surface area contributed by atoms with Crippen LogP contribution in [0.3, 0.4) is 0 Å². The Kier molecular flexibility index (Phi) is 10.8. The lowest BCUT2D eigenvalue weighted by Gasteiger charge is -2.25. The van der Waals surface area contributed by atoms with Gasteiger partial charge in [-0.1, -0.05) is 103 Å².